The summed E-state index contributed by atoms with van der Waals surface area (Å²) in [7, 11) is 1.51. The maximum absolute atomic E-state index is 9.03. The summed E-state index contributed by atoms with van der Waals surface area (Å²) in [5.41, 5.74) is 0. The molecule has 5 nitrogen and oxygen atoms in total. The fourth-order valence-electron chi connectivity index (χ4n) is 1.15. The van der Waals surface area contributed by atoms with Crippen LogP contribution in [0, 0.1) is 5.92 Å². The lowest BCUT2D eigenvalue weighted by Crippen LogP contribution is -2.27. The Hall–Kier alpha value is -1.07. The molecule has 6 heteroatoms. The Morgan fingerprint density at radius 3 is 2.75 bits per heavy atom. The third-order valence-corrected chi connectivity index (χ3v) is 2.74. The fraction of sp³-hybridized carbons (Fsp3) is 0.600. The van der Waals surface area contributed by atoms with Crippen LogP contribution in [0.5, 0.6) is 5.75 Å². The second-order valence-electron chi connectivity index (χ2n) is 3.64. The molecular formula is C10H16ClN3O2. The average molecular weight is 246 g/mol. The van der Waals surface area contributed by atoms with Crippen LogP contribution in [-0.2, 0) is 0 Å². The molecule has 0 aliphatic rings. The van der Waals surface area contributed by atoms with Gasteiger partial charge in [-0.05, 0) is 12.8 Å². The Kier molecular flexibility index (Phi) is 4.76. The number of methoxy groups -OCH3 is 1. The van der Waals surface area contributed by atoms with Crippen molar-refractivity contribution in [3.05, 3.63) is 11.5 Å². The number of aliphatic hydroxyl groups excluding tert-OH is 1. The molecule has 2 N–H and O–H groups in total. The number of aliphatic hydroxyl groups is 1. The van der Waals surface area contributed by atoms with E-state index in [1.807, 2.05) is 13.8 Å². The van der Waals surface area contributed by atoms with Crippen molar-refractivity contribution < 1.29 is 9.84 Å². The average Bonchev–Trinajstić information content (AvgIpc) is 2.28. The molecule has 0 spiro atoms. The first-order valence-corrected chi connectivity index (χ1v) is 5.39. The lowest BCUT2D eigenvalue weighted by molar-refractivity contribution is 0.226. The van der Waals surface area contributed by atoms with Crippen LogP contribution < -0.4 is 10.1 Å². The van der Waals surface area contributed by atoms with E-state index in [1.165, 1.54) is 13.4 Å². The molecule has 0 saturated heterocycles. The predicted molar refractivity (Wildman–Crippen MR) is 62.9 cm³/mol. The maximum atomic E-state index is 9.03. The highest BCUT2D eigenvalue weighted by Crippen LogP contribution is 2.29. The number of nitrogens with one attached hydrogen (secondary N) is 1. The third-order valence-electron chi connectivity index (χ3n) is 2.47. The van der Waals surface area contributed by atoms with Crippen molar-refractivity contribution in [2.75, 3.05) is 19.0 Å². The van der Waals surface area contributed by atoms with Gasteiger partial charge >= 0.3 is 0 Å². The van der Waals surface area contributed by atoms with E-state index in [0.29, 0.717) is 11.6 Å². The Balaban J connectivity index is 2.84. The van der Waals surface area contributed by atoms with Crippen LogP contribution in [0.3, 0.4) is 0 Å². The van der Waals surface area contributed by atoms with Gasteiger partial charge < -0.3 is 15.2 Å². The van der Waals surface area contributed by atoms with Crippen LogP contribution in [0.15, 0.2) is 6.33 Å². The van der Waals surface area contributed by atoms with Crippen LogP contribution in [0.1, 0.15) is 13.8 Å². The standard InChI is InChI=1S/C10H16ClN3O2/c1-6(4-15)7(2)14-10-8(16-3)9(11)12-5-13-10/h5-7,15H,4H2,1-3H3,(H,12,13,14). The number of hydrogen-bond acceptors (Lipinski definition) is 5. The molecule has 1 aromatic heterocycles. The summed E-state index contributed by atoms with van der Waals surface area (Å²) in [4.78, 5) is 7.88. The number of aromatic nitrogens is 2. The van der Waals surface area contributed by atoms with E-state index in [0.717, 1.165) is 0 Å². The summed E-state index contributed by atoms with van der Waals surface area (Å²) in [6.07, 6.45) is 1.36. The molecule has 1 aromatic rings. The third kappa shape index (κ3) is 2.96. The highest BCUT2D eigenvalue weighted by molar-refractivity contribution is 6.31. The van der Waals surface area contributed by atoms with Crippen LogP contribution in [0.2, 0.25) is 5.15 Å². The maximum Gasteiger partial charge on any atom is 0.198 e. The lowest BCUT2D eigenvalue weighted by Gasteiger charge is -2.20. The topological polar surface area (TPSA) is 67.3 Å². The minimum atomic E-state index is 0.0601. The molecule has 0 aromatic carbocycles. The summed E-state index contributed by atoms with van der Waals surface area (Å²) < 4.78 is 5.11. The van der Waals surface area contributed by atoms with Gasteiger partial charge in [-0.25, -0.2) is 9.97 Å². The highest BCUT2D eigenvalue weighted by Gasteiger charge is 2.16. The number of anilines is 1. The van der Waals surface area contributed by atoms with Crippen molar-refractivity contribution in [2.24, 2.45) is 5.92 Å². The van der Waals surface area contributed by atoms with Gasteiger partial charge in [-0.3, -0.25) is 0 Å². The van der Waals surface area contributed by atoms with E-state index in [4.69, 9.17) is 21.4 Å². The Morgan fingerprint density at radius 2 is 2.19 bits per heavy atom. The molecule has 2 unspecified atom stereocenters. The normalized spacial score (nSPS) is 14.3. The summed E-state index contributed by atoms with van der Waals surface area (Å²) in [6.45, 7) is 4.00. The van der Waals surface area contributed by atoms with Crippen molar-refractivity contribution in [3.63, 3.8) is 0 Å². The first kappa shape index (κ1) is 13.0. The molecule has 1 rings (SSSR count). The number of rotatable bonds is 5. The van der Waals surface area contributed by atoms with Gasteiger partial charge in [-0.2, -0.15) is 0 Å². The fourth-order valence-corrected chi connectivity index (χ4v) is 1.36. The van der Waals surface area contributed by atoms with Crippen LogP contribution in [0.25, 0.3) is 0 Å². The second kappa shape index (κ2) is 5.86. The van der Waals surface area contributed by atoms with Gasteiger partial charge in [0.15, 0.2) is 16.7 Å². The molecule has 0 bridgehead atoms. The zero-order chi connectivity index (χ0) is 12.1. The van der Waals surface area contributed by atoms with Crippen molar-refractivity contribution in [1.82, 2.24) is 9.97 Å². The Bertz CT molecular complexity index is 349. The van der Waals surface area contributed by atoms with E-state index in [2.05, 4.69) is 15.3 Å². The monoisotopic (exact) mass is 245 g/mol. The van der Waals surface area contributed by atoms with Crippen molar-refractivity contribution >= 4 is 17.4 Å². The van der Waals surface area contributed by atoms with Gasteiger partial charge in [0.25, 0.3) is 0 Å². The summed E-state index contributed by atoms with van der Waals surface area (Å²) in [5, 5.41) is 12.4. The minimum Gasteiger partial charge on any atom is -0.490 e. The molecule has 0 radical (unpaired) electrons. The quantitative estimate of drug-likeness (QED) is 0.771. The van der Waals surface area contributed by atoms with E-state index in [1.54, 1.807) is 0 Å². The van der Waals surface area contributed by atoms with Crippen LogP contribution >= 0.6 is 11.6 Å². The van der Waals surface area contributed by atoms with E-state index in [9.17, 15) is 0 Å². The van der Waals surface area contributed by atoms with Crippen molar-refractivity contribution in [2.45, 2.75) is 19.9 Å². The highest BCUT2D eigenvalue weighted by atomic mass is 35.5. The Labute approximate surface area is 99.8 Å². The number of hydrogen-bond donors (Lipinski definition) is 2. The number of nitrogens with zero attached hydrogens (tertiary/aromatic N) is 2. The minimum absolute atomic E-state index is 0.0601. The van der Waals surface area contributed by atoms with Gasteiger partial charge in [-0.15, -0.1) is 0 Å². The Morgan fingerprint density at radius 1 is 1.50 bits per heavy atom. The van der Waals surface area contributed by atoms with Crippen LogP contribution in [-0.4, -0.2) is 34.8 Å². The molecule has 2 atom stereocenters. The molecule has 0 amide bonds. The SMILES string of the molecule is COc1c(Cl)ncnc1NC(C)C(C)CO. The second-order valence-corrected chi connectivity index (χ2v) is 4.00. The van der Waals surface area contributed by atoms with E-state index in [-0.39, 0.29) is 23.7 Å². The molecule has 0 aliphatic heterocycles. The first-order valence-electron chi connectivity index (χ1n) is 5.02. The summed E-state index contributed by atoms with van der Waals surface area (Å²) >= 11 is 5.86. The molecular weight excluding hydrogens is 230 g/mol. The smallest absolute Gasteiger partial charge is 0.198 e. The molecule has 0 saturated carbocycles. The van der Waals surface area contributed by atoms with Gasteiger partial charge in [0.1, 0.15) is 6.33 Å². The molecule has 0 fully saturated rings. The summed E-state index contributed by atoms with van der Waals surface area (Å²) in [5.74, 6) is 1.06. The summed E-state index contributed by atoms with van der Waals surface area (Å²) in [6, 6.07) is 0.0601. The van der Waals surface area contributed by atoms with Crippen LogP contribution in [0.4, 0.5) is 5.82 Å². The molecule has 0 aliphatic carbocycles. The zero-order valence-electron chi connectivity index (χ0n) is 9.57. The van der Waals surface area contributed by atoms with Crippen molar-refractivity contribution in [3.8, 4) is 5.75 Å². The first-order chi connectivity index (χ1) is 7.60. The lowest BCUT2D eigenvalue weighted by atomic mass is 10.1. The van der Waals surface area contributed by atoms with Crippen molar-refractivity contribution in [1.29, 1.82) is 0 Å². The molecule has 16 heavy (non-hydrogen) atoms. The number of ether oxygens (including phenoxy) is 1. The van der Waals surface area contributed by atoms with E-state index < -0.39 is 0 Å². The zero-order valence-corrected chi connectivity index (χ0v) is 10.3. The largest absolute Gasteiger partial charge is 0.490 e. The number of halogens is 1. The van der Waals surface area contributed by atoms with Gasteiger partial charge in [0.2, 0.25) is 0 Å². The predicted octanol–water partition coefficient (Wildman–Crippen LogP) is 1.57. The van der Waals surface area contributed by atoms with Gasteiger partial charge in [0, 0.05) is 12.6 Å². The van der Waals surface area contributed by atoms with Gasteiger partial charge in [0.05, 0.1) is 7.11 Å². The van der Waals surface area contributed by atoms with E-state index >= 15 is 0 Å². The van der Waals surface area contributed by atoms with Gasteiger partial charge in [-0.1, -0.05) is 18.5 Å². The molecule has 90 valence electrons. The molecule has 1 heterocycles.